The zero-order valence-corrected chi connectivity index (χ0v) is 5.33. The fraction of sp³-hybridized carbons (Fsp3) is 0. The van der Waals surface area contributed by atoms with Crippen LogP contribution in [0.15, 0.2) is 18.2 Å². The Morgan fingerprint density at radius 3 is 2.70 bits per heavy atom. The van der Waals surface area contributed by atoms with E-state index in [0.29, 0.717) is 5.69 Å². The van der Waals surface area contributed by atoms with E-state index < -0.39 is 0 Å². The Balaban J connectivity index is 3.31. The number of phenols is 1. The summed E-state index contributed by atoms with van der Waals surface area (Å²) in [5, 5.41) is 17.5. The number of quaternary nitrogens is 1. The second kappa shape index (κ2) is 2.38. The lowest BCUT2D eigenvalue weighted by Crippen LogP contribution is -2.40. The highest BCUT2D eigenvalue weighted by Gasteiger charge is 2.03. The van der Waals surface area contributed by atoms with E-state index in [4.69, 9.17) is 10.4 Å². The Morgan fingerprint density at radius 1 is 1.50 bits per heavy atom. The van der Waals surface area contributed by atoms with Gasteiger partial charge in [-0.15, -0.1) is 0 Å². The van der Waals surface area contributed by atoms with Crippen molar-refractivity contribution in [1.29, 1.82) is 5.26 Å². The van der Waals surface area contributed by atoms with Crippen molar-refractivity contribution in [1.82, 2.24) is 0 Å². The molecular weight excluding hydrogens is 128 g/mol. The summed E-state index contributed by atoms with van der Waals surface area (Å²) in [6.45, 7) is 0. The van der Waals surface area contributed by atoms with Gasteiger partial charge >= 0.3 is 0 Å². The molecule has 1 rings (SSSR count). The number of para-hydroxylation sites is 1. The number of rotatable bonds is 0. The van der Waals surface area contributed by atoms with Gasteiger partial charge in [0.05, 0.1) is 0 Å². The molecule has 0 saturated heterocycles. The second-order valence-electron chi connectivity index (χ2n) is 1.93. The fourth-order valence-electron chi connectivity index (χ4n) is 0.682. The van der Waals surface area contributed by atoms with Crippen LogP contribution in [-0.2, 0) is 0 Å². The summed E-state index contributed by atoms with van der Waals surface area (Å²) in [4.78, 5) is 0. The van der Waals surface area contributed by atoms with E-state index in [1.165, 1.54) is 0 Å². The minimum Gasteiger partial charge on any atom is -0.502 e. The largest absolute Gasteiger partial charge is 0.502 e. The van der Waals surface area contributed by atoms with Crippen LogP contribution >= 0.6 is 0 Å². The van der Waals surface area contributed by atoms with Gasteiger partial charge in [0.1, 0.15) is 11.6 Å². The van der Waals surface area contributed by atoms with Crippen LogP contribution in [0.25, 0.3) is 0 Å². The third-order valence-electron chi connectivity index (χ3n) is 1.24. The summed E-state index contributed by atoms with van der Waals surface area (Å²) in [5.74, 6) is -0.0231. The molecule has 1 aromatic rings. The summed E-state index contributed by atoms with van der Waals surface area (Å²) in [6, 6.07) is 6.72. The number of hydrogen-bond donors (Lipinski definition) is 2. The molecule has 0 amide bonds. The molecule has 0 heterocycles. The Labute approximate surface area is 58.3 Å². The molecule has 3 heteroatoms. The van der Waals surface area contributed by atoms with Gasteiger partial charge in [0.15, 0.2) is 11.4 Å². The molecule has 0 saturated carbocycles. The first-order valence-corrected chi connectivity index (χ1v) is 2.79. The average molecular weight is 135 g/mol. The molecule has 0 fully saturated rings. The summed E-state index contributed by atoms with van der Waals surface area (Å²) in [5.41, 5.74) is 4.28. The van der Waals surface area contributed by atoms with Gasteiger partial charge in [-0.2, -0.15) is 5.26 Å². The zero-order chi connectivity index (χ0) is 7.56. The lowest BCUT2D eigenvalue weighted by atomic mass is 10.2. The van der Waals surface area contributed by atoms with Gasteiger partial charge in [0.25, 0.3) is 0 Å². The predicted octanol–water partition coefficient (Wildman–Crippen LogP) is 0.137. The lowest BCUT2D eigenvalue weighted by Gasteiger charge is -1.93. The smallest absolute Gasteiger partial charge is 0.195 e. The maximum Gasteiger partial charge on any atom is 0.195 e. The van der Waals surface area contributed by atoms with Gasteiger partial charge in [-0.3, -0.25) is 0 Å². The van der Waals surface area contributed by atoms with E-state index in [1.54, 1.807) is 18.2 Å². The van der Waals surface area contributed by atoms with Crippen molar-refractivity contribution in [2.45, 2.75) is 0 Å². The fourth-order valence-corrected chi connectivity index (χ4v) is 0.682. The zero-order valence-electron chi connectivity index (χ0n) is 5.33. The first-order chi connectivity index (χ1) is 4.75. The van der Waals surface area contributed by atoms with Gasteiger partial charge in [-0.25, -0.2) is 0 Å². The van der Waals surface area contributed by atoms with Gasteiger partial charge in [0, 0.05) is 6.07 Å². The Hall–Kier alpha value is -1.53. The summed E-state index contributed by atoms with van der Waals surface area (Å²) < 4.78 is 0. The number of benzene rings is 1. The standard InChI is InChI=1S/C7H6N2O/c8-4-5-2-1-3-6(9)7(5)10/h1-3,10H,9H2/p+1. The number of nitrogens with zero attached hydrogens (tertiary/aromatic N) is 1. The van der Waals surface area contributed by atoms with E-state index in [2.05, 4.69) is 5.73 Å². The monoisotopic (exact) mass is 135 g/mol. The van der Waals surface area contributed by atoms with Crippen molar-refractivity contribution >= 4 is 5.69 Å². The summed E-state index contributed by atoms with van der Waals surface area (Å²) in [7, 11) is 0. The Kier molecular flexibility index (Phi) is 1.57. The molecular formula is C7H7N2O+. The summed E-state index contributed by atoms with van der Waals surface area (Å²) >= 11 is 0. The van der Waals surface area contributed by atoms with Crippen molar-refractivity contribution in [3.63, 3.8) is 0 Å². The van der Waals surface area contributed by atoms with E-state index >= 15 is 0 Å². The average Bonchev–Trinajstić information content (AvgIpc) is 1.95. The molecule has 0 bridgehead atoms. The third kappa shape index (κ3) is 0.925. The Bertz CT molecular complexity index is 288. The highest BCUT2D eigenvalue weighted by Crippen LogP contribution is 2.21. The number of aromatic hydroxyl groups is 1. The Morgan fingerprint density at radius 2 is 2.20 bits per heavy atom. The normalized spacial score (nSPS) is 8.80. The van der Waals surface area contributed by atoms with Crippen LogP contribution in [0.2, 0.25) is 0 Å². The molecule has 0 aliphatic heterocycles. The van der Waals surface area contributed by atoms with Crippen molar-refractivity contribution in [2.75, 3.05) is 0 Å². The molecule has 1 aromatic carbocycles. The minimum absolute atomic E-state index is 0.0231. The van der Waals surface area contributed by atoms with Crippen LogP contribution in [0.1, 0.15) is 5.56 Å². The van der Waals surface area contributed by atoms with Crippen LogP contribution in [0.5, 0.6) is 5.75 Å². The van der Waals surface area contributed by atoms with Crippen LogP contribution in [0, 0.1) is 11.3 Å². The van der Waals surface area contributed by atoms with Crippen molar-refractivity contribution in [3.8, 4) is 11.8 Å². The minimum atomic E-state index is -0.0231. The molecule has 0 radical (unpaired) electrons. The quantitative estimate of drug-likeness (QED) is 0.531. The van der Waals surface area contributed by atoms with E-state index in [1.807, 2.05) is 6.07 Å². The number of nitriles is 1. The van der Waals surface area contributed by atoms with Gasteiger partial charge in [-0.05, 0) is 6.07 Å². The third-order valence-corrected chi connectivity index (χ3v) is 1.24. The highest BCUT2D eigenvalue weighted by molar-refractivity contribution is 5.54. The molecule has 50 valence electrons. The molecule has 0 unspecified atom stereocenters. The van der Waals surface area contributed by atoms with Crippen molar-refractivity contribution < 1.29 is 10.8 Å². The maximum absolute atomic E-state index is 9.11. The first kappa shape index (κ1) is 6.59. The van der Waals surface area contributed by atoms with Gasteiger partial charge in [-0.1, -0.05) is 6.07 Å². The molecule has 0 spiro atoms. The number of hydrogen-bond acceptors (Lipinski definition) is 2. The molecule has 10 heavy (non-hydrogen) atoms. The van der Waals surface area contributed by atoms with Gasteiger partial charge < -0.3 is 10.8 Å². The van der Waals surface area contributed by atoms with Crippen LogP contribution in [-0.4, -0.2) is 5.11 Å². The van der Waals surface area contributed by atoms with E-state index in [0.717, 1.165) is 0 Å². The van der Waals surface area contributed by atoms with Crippen LogP contribution < -0.4 is 5.73 Å². The van der Waals surface area contributed by atoms with Crippen LogP contribution in [0.3, 0.4) is 0 Å². The molecule has 0 aromatic heterocycles. The van der Waals surface area contributed by atoms with Crippen LogP contribution in [0.4, 0.5) is 5.69 Å². The molecule has 0 atom stereocenters. The topological polar surface area (TPSA) is 71.7 Å². The van der Waals surface area contributed by atoms with Crippen molar-refractivity contribution in [2.24, 2.45) is 0 Å². The lowest BCUT2D eigenvalue weighted by molar-refractivity contribution is -0.256. The first-order valence-electron chi connectivity index (χ1n) is 2.79. The van der Waals surface area contributed by atoms with E-state index in [-0.39, 0.29) is 11.3 Å². The molecule has 0 aliphatic rings. The van der Waals surface area contributed by atoms with Gasteiger partial charge in [0.2, 0.25) is 0 Å². The molecule has 4 N–H and O–H groups in total. The second-order valence-corrected chi connectivity index (χ2v) is 1.93. The molecule has 3 nitrogen and oxygen atoms in total. The SMILES string of the molecule is N#Cc1cccc([NH3+])c1O. The highest BCUT2D eigenvalue weighted by atomic mass is 16.3. The summed E-state index contributed by atoms with van der Waals surface area (Å²) in [6.07, 6.45) is 0. The molecule has 0 aliphatic carbocycles. The maximum atomic E-state index is 9.11. The van der Waals surface area contributed by atoms with E-state index in [9.17, 15) is 0 Å². The number of phenolic OH excluding ortho intramolecular Hbond substituents is 1. The predicted molar refractivity (Wildman–Crippen MR) is 35.4 cm³/mol. The van der Waals surface area contributed by atoms with Crippen molar-refractivity contribution in [3.05, 3.63) is 23.8 Å².